The first-order valence-electron chi connectivity index (χ1n) is 7.59. The molecule has 6 heteroatoms. The smallest absolute Gasteiger partial charge is 0.225 e. The summed E-state index contributed by atoms with van der Waals surface area (Å²) in [6.07, 6.45) is 8.58. The molecule has 1 aliphatic heterocycles. The largest absolute Gasteiger partial charge is 0.351 e. The maximum Gasteiger partial charge on any atom is 0.225 e. The summed E-state index contributed by atoms with van der Waals surface area (Å²) in [5.74, 6) is 0.471. The number of amides is 1. The highest BCUT2D eigenvalue weighted by Crippen LogP contribution is 2.32. The van der Waals surface area contributed by atoms with Gasteiger partial charge in [-0.05, 0) is 25.3 Å². The second kappa shape index (κ2) is 6.36. The molecule has 1 amide bonds. The van der Waals surface area contributed by atoms with Crippen molar-refractivity contribution in [2.45, 2.75) is 44.1 Å². The van der Waals surface area contributed by atoms with Crippen molar-refractivity contribution in [2.75, 3.05) is 13.1 Å². The van der Waals surface area contributed by atoms with E-state index in [4.69, 9.17) is 0 Å². The first-order valence-corrected chi connectivity index (χ1v) is 7.59. The van der Waals surface area contributed by atoms with Crippen molar-refractivity contribution in [3.8, 4) is 0 Å². The van der Waals surface area contributed by atoms with Crippen molar-refractivity contribution in [3.05, 3.63) is 18.0 Å². The van der Waals surface area contributed by atoms with Gasteiger partial charge in [0.25, 0.3) is 0 Å². The summed E-state index contributed by atoms with van der Waals surface area (Å²) in [5, 5.41) is 10.9. The number of aryl methyl sites for hydroxylation is 1. The van der Waals surface area contributed by atoms with E-state index in [-0.39, 0.29) is 35.7 Å². The Morgan fingerprint density at radius 2 is 2.14 bits per heavy atom. The highest BCUT2D eigenvalue weighted by atomic mass is 35.5. The summed E-state index contributed by atoms with van der Waals surface area (Å²) < 4.78 is 1.81. The van der Waals surface area contributed by atoms with Crippen LogP contribution in [-0.4, -0.2) is 34.3 Å². The number of halogens is 1. The molecule has 2 heterocycles. The number of nitrogens with one attached hydrogen (secondary N) is 2. The monoisotopic (exact) mass is 312 g/mol. The van der Waals surface area contributed by atoms with Gasteiger partial charge in [-0.3, -0.25) is 9.48 Å². The fourth-order valence-electron chi connectivity index (χ4n) is 3.61. The van der Waals surface area contributed by atoms with Crippen LogP contribution in [0.15, 0.2) is 12.4 Å². The van der Waals surface area contributed by atoms with E-state index in [1.54, 1.807) is 4.68 Å². The van der Waals surface area contributed by atoms with Crippen LogP contribution in [0.25, 0.3) is 0 Å². The lowest BCUT2D eigenvalue weighted by molar-refractivity contribution is -0.126. The molecule has 1 aliphatic carbocycles. The second-order valence-corrected chi connectivity index (χ2v) is 6.58. The first kappa shape index (κ1) is 16.3. The fraction of sp³-hybridized carbons (Fsp3) is 0.733. The van der Waals surface area contributed by atoms with Crippen molar-refractivity contribution in [3.63, 3.8) is 0 Å². The van der Waals surface area contributed by atoms with Gasteiger partial charge in [-0.25, -0.2) is 0 Å². The Kier molecular flexibility index (Phi) is 4.94. The molecule has 0 aromatic carbocycles. The first-order chi connectivity index (χ1) is 9.57. The third kappa shape index (κ3) is 3.40. The van der Waals surface area contributed by atoms with Crippen LogP contribution in [0.4, 0.5) is 0 Å². The summed E-state index contributed by atoms with van der Waals surface area (Å²) in [6.45, 7) is 3.81. The average Bonchev–Trinajstić information content (AvgIpc) is 3.08. The Bertz CT molecular complexity index is 496. The van der Waals surface area contributed by atoms with Gasteiger partial charge in [-0.2, -0.15) is 5.10 Å². The van der Waals surface area contributed by atoms with Crippen molar-refractivity contribution >= 4 is 18.3 Å². The summed E-state index contributed by atoms with van der Waals surface area (Å²) in [4.78, 5) is 12.6. The van der Waals surface area contributed by atoms with Crippen LogP contribution in [0, 0.1) is 5.92 Å². The predicted molar refractivity (Wildman–Crippen MR) is 84.6 cm³/mol. The average molecular weight is 313 g/mol. The minimum atomic E-state index is 0. The second-order valence-electron chi connectivity index (χ2n) is 6.58. The molecule has 2 aliphatic rings. The summed E-state index contributed by atoms with van der Waals surface area (Å²) >= 11 is 0. The van der Waals surface area contributed by atoms with Crippen molar-refractivity contribution < 1.29 is 4.79 Å². The minimum absolute atomic E-state index is 0. The topological polar surface area (TPSA) is 59.0 Å². The van der Waals surface area contributed by atoms with E-state index >= 15 is 0 Å². The van der Waals surface area contributed by atoms with Crippen LogP contribution in [-0.2, 0) is 11.8 Å². The van der Waals surface area contributed by atoms with Gasteiger partial charge in [0.15, 0.2) is 0 Å². The van der Waals surface area contributed by atoms with Gasteiger partial charge in [-0.15, -0.1) is 12.4 Å². The van der Waals surface area contributed by atoms with E-state index in [1.807, 2.05) is 19.4 Å². The highest BCUT2D eigenvalue weighted by molar-refractivity contribution is 5.85. The van der Waals surface area contributed by atoms with Crippen LogP contribution in [0.3, 0.4) is 0 Å². The molecule has 0 spiro atoms. The van der Waals surface area contributed by atoms with Crippen molar-refractivity contribution in [1.29, 1.82) is 0 Å². The lowest BCUT2D eigenvalue weighted by atomic mass is 9.89. The van der Waals surface area contributed by atoms with Gasteiger partial charge in [0.2, 0.25) is 5.91 Å². The Labute approximate surface area is 132 Å². The zero-order valence-electron chi connectivity index (χ0n) is 12.8. The van der Waals surface area contributed by atoms with Gasteiger partial charge >= 0.3 is 0 Å². The van der Waals surface area contributed by atoms with E-state index in [0.717, 1.165) is 31.5 Å². The molecule has 118 valence electrons. The molecule has 2 N–H and O–H groups in total. The van der Waals surface area contributed by atoms with E-state index in [2.05, 4.69) is 22.7 Å². The van der Waals surface area contributed by atoms with E-state index in [9.17, 15) is 4.79 Å². The zero-order valence-corrected chi connectivity index (χ0v) is 13.6. The molecule has 1 aromatic rings. The summed E-state index contributed by atoms with van der Waals surface area (Å²) in [5.41, 5.74) is 1.17. The third-order valence-corrected chi connectivity index (χ3v) is 4.84. The number of hydrogen-bond acceptors (Lipinski definition) is 3. The summed E-state index contributed by atoms with van der Waals surface area (Å²) in [6, 6.07) is 0. The molecule has 0 radical (unpaired) electrons. The van der Waals surface area contributed by atoms with Gasteiger partial charge in [0, 0.05) is 37.8 Å². The molecule has 21 heavy (non-hydrogen) atoms. The molecule has 2 atom stereocenters. The quantitative estimate of drug-likeness (QED) is 0.891. The molecule has 1 saturated heterocycles. The Hall–Kier alpha value is -1.07. The predicted octanol–water partition coefficient (Wildman–Crippen LogP) is 1.59. The number of carbonyl (C=O) groups is 1. The van der Waals surface area contributed by atoms with E-state index < -0.39 is 0 Å². The molecule has 0 unspecified atom stereocenters. The molecule has 2 fully saturated rings. The van der Waals surface area contributed by atoms with Crippen LogP contribution < -0.4 is 10.6 Å². The maximum absolute atomic E-state index is 12.6. The number of carbonyl (C=O) groups excluding carboxylic acids is 1. The molecule has 3 rings (SSSR count). The third-order valence-electron chi connectivity index (χ3n) is 4.84. The molecule has 5 nitrogen and oxygen atoms in total. The van der Waals surface area contributed by atoms with Gasteiger partial charge in [0.05, 0.1) is 12.1 Å². The lowest BCUT2D eigenvalue weighted by Crippen LogP contribution is -2.47. The Balaban J connectivity index is 0.00000161. The number of hydrogen-bond donors (Lipinski definition) is 2. The highest BCUT2D eigenvalue weighted by Gasteiger charge is 2.38. The number of aromatic nitrogens is 2. The fourth-order valence-corrected chi connectivity index (χ4v) is 3.61. The van der Waals surface area contributed by atoms with Crippen LogP contribution in [0.5, 0.6) is 0 Å². The molecular formula is C15H25ClN4O. The standard InChI is InChI=1S/C15H24N4O.ClH/c1-15(5-3-4-6-15)18-14(20)13-9-16-8-12(13)11-7-17-19(2)10-11;/h7,10,12-13,16H,3-6,8-9H2,1-2H3,(H,18,20);1H/t12-,13+;/m1./s1. The Morgan fingerprint density at radius 1 is 1.43 bits per heavy atom. The van der Waals surface area contributed by atoms with Gasteiger partial charge in [-0.1, -0.05) is 12.8 Å². The van der Waals surface area contributed by atoms with E-state index in [1.165, 1.54) is 12.8 Å². The SMILES string of the molecule is Cl.Cn1cc([C@H]2CNC[C@@H]2C(=O)NC2(C)CCCC2)cn1. The maximum atomic E-state index is 12.6. The number of rotatable bonds is 3. The van der Waals surface area contributed by atoms with Gasteiger partial charge < -0.3 is 10.6 Å². The zero-order chi connectivity index (χ0) is 14.2. The minimum Gasteiger partial charge on any atom is -0.351 e. The van der Waals surface area contributed by atoms with Crippen molar-refractivity contribution in [2.24, 2.45) is 13.0 Å². The normalized spacial score (nSPS) is 27.3. The number of nitrogens with zero attached hydrogens (tertiary/aromatic N) is 2. The summed E-state index contributed by atoms with van der Waals surface area (Å²) in [7, 11) is 1.92. The van der Waals surface area contributed by atoms with Crippen LogP contribution in [0.1, 0.15) is 44.1 Å². The molecule has 1 aromatic heterocycles. The van der Waals surface area contributed by atoms with E-state index in [0.29, 0.717) is 0 Å². The lowest BCUT2D eigenvalue weighted by Gasteiger charge is -2.28. The van der Waals surface area contributed by atoms with Crippen molar-refractivity contribution in [1.82, 2.24) is 20.4 Å². The molecule has 0 bridgehead atoms. The Morgan fingerprint density at radius 3 is 2.76 bits per heavy atom. The van der Waals surface area contributed by atoms with Crippen LogP contribution >= 0.6 is 12.4 Å². The molecular weight excluding hydrogens is 288 g/mol. The molecule has 1 saturated carbocycles. The van der Waals surface area contributed by atoms with Gasteiger partial charge in [0.1, 0.15) is 0 Å². The van der Waals surface area contributed by atoms with Crippen LogP contribution in [0.2, 0.25) is 0 Å².